The van der Waals surface area contributed by atoms with E-state index in [2.05, 4.69) is 11.1 Å². The van der Waals surface area contributed by atoms with Gasteiger partial charge < -0.3 is 0 Å². The van der Waals surface area contributed by atoms with Crippen molar-refractivity contribution in [1.82, 2.24) is 0 Å². The lowest BCUT2D eigenvalue weighted by Crippen LogP contribution is -1.76. The summed E-state index contributed by atoms with van der Waals surface area (Å²) in [5.41, 5.74) is 2.62. The maximum absolute atomic E-state index is 9.89. The fourth-order valence-electron chi connectivity index (χ4n) is 0.986. The van der Waals surface area contributed by atoms with Crippen LogP contribution in [0, 0.1) is 19.9 Å². The van der Waals surface area contributed by atoms with Crippen LogP contribution < -0.4 is 0 Å². The molecule has 0 atom stereocenters. The minimum atomic E-state index is 0.647. The molecule has 11 heavy (non-hydrogen) atoms. The first-order chi connectivity index (χ1) is 5.22. The molecule has 0 N–H and O–H groups in total. The van der Waals surface area contributed by atoms with Gasteiger partial charge in [-0.05, 0) is 43.2 Å². The number of carbonyl (C=O) groups excluding carboxylic acids is 1. The Morgan fingerprint density at radius 2 is 1.91 bits per heavy atom. The van der Waals surface area contributed by atoms with Crippen LogP contribution in [0.3, 0.4) is 0 Å². The molecular formula is C9H8NO. The molecule has 0 aliphatic heterocycles. The quantitative estimate of drug-likeness (QED) is 0.440. The lowest BCUT2D eigenvalue weighted by Gasteiger charge is -1.95. The van der Waals surface area contributed by atoms with Crippen LogP contribution in [-0.4, -0.2) is 6.08 Å². The van der Waals surface area contributed by atoms with E-state index in [1.165, 1.54) is 6.08 Å². The van der Waals surface area contributed by atoms with Crippen molar-refractivity contribution in [3.8, 4) is 0 Å². The molecule has 1 aromatic carbocycles. The van der Waals surface area contributed by atoms with Crippen molar-refractivity contribution in [1.29, 1.82) is 0 Å². The number of rotatable bonds is 1. The smallest absolute Gasteiger partial charge is 0.211 e. The third-order valence-corrected chi connectivity index (χ3v) is 1.30. The van der Waals surface area contributed by atoms with Gasteiger partial charge in [0.1, 0.15) is 0 Å². The van der Waals surface area contributed by atoms with Crippen molar-refractivity contribution >= 4 is 11.8 Å². The van der Waals surface area contributed by atoms with Crippen molar-refractivity contribution in [2.75, 3.05) is 0 Å². The molecule has 0 heterocycles. The van der Waals surface area contributed by atoms with Gasteiger partial charge >= 0.3 is 0 Å². The van der Waals surface area contributed by atoms with Crippen LogP contribution >= 0.6 is 0 Å². The Morgan fingerprint density at radius 1 is 1.36 bits per heavy atom. The van der Waals surface area contributed by atoms with E-state index in [0.29, 0.717) is 5.69 Å². The Morgan fingerprint density at radius 3 is 2.36 bits per heavy atom. The van der Waals surface area contributed by atoms with Crippen molar-refractivity contribution in [2.24, 2.45) is 4.99 Å². The normalized spacial score (nSPS) is 8.91. The van der Waals surface area contributed by atoms with Gasteiger partial charge in [-0.1, -0.05) is 0 Å². The Bertz CT molecular complexity index is 291. The second kappa shape index (κ2) is 3.13. The summed E-state index contributed by atoms with van der Waals surface area (Å²) >= 11 is 0. The molecule has 1 aromatic rings. The van der Waals surface area contributed by atoms with E-state index in [1.54, 1.807) is 12.1 Å². The predicted molar refractivity (Wildman–Crippen MR) is 42.5 cm³/mol. The Labute approximate surface area is 65.6 Å². The maximum atomic E-state index is 9.89. The van der Waals surface area contributed by atoms with E-state index in [9.17, 15) is 4.79 Å². The Hall–Kier alpha value is -1.40. The number of hydrogen-bond donors (Lipinski definition) is 0. The van der Waals surface area contributed by atoms with Gasteiger partial charge in [0.2, 0.25) is 6.08 Å². The number of aryl methyl sites for hydroxylation is 2. The molecular weight excluding hydrogens is 138 g/mol. The summed E-state index contributed by atoms with van der Waals surface area (Å²) in [4.78, 5) is 13.4. The average molecular weight is 146 g/mol. The first kappa shape index (κ1) is 7.70. The maximum Gasteiger partial charge on any atom is 0.240 e. The molecule has 0 aliphatic carbocycles. The highest BCUT2D eigenvalue weighted by molar-refractivity contribution is 5.50. The molecule has 0 aliphatic rings. The number of hydrogen-bond acceptors (Lipinski definition) is 2. The van der Waals surface area contributed by atoms with Gasteiger partial charge in [-0.3, -0.25) is 0 Å². The lowest BCUT2D eigenvalue weighted by molar-refractivity contribution is 0.565. The summed E-state index contributed by atoms with van der Waals surface area (Å²) in [7, 11) is 0. The van der Waals surface area contributed by atoms with Crippen molar-refractivity contribution in [2.45, 2.75) is 13.8 Å². The third kappa shape index (κ3) is 2.03. The Balaban J connectivity index is 3.18. The molecule has 2 nitrogen and oxygen atoms in total. The fourth-order valence-corrected chi connectivity index (χ4v) is 0.986. The van der Waals surface area contributed by atoms with Gasteiger partial charge in [0.25, 0.3) is 0 Å². The zero-order chi connectivity index (χ0) is 8.27. The summed E-state index contributed by atoms with van der Waals surface area (Å²) in [6.45, 7) is 3.83. The Kier molecular flexibility index (Phi) is 2.19. The molecule has 2 heteroatoms. The van der Waals surface area contributed by atoms with Gasteiger partial charge in [-0.15, -0.1) is 0 Å². The number of nitrogens with zero attached hydrogens (tertiary/aromatic N) is 1. The van der Waals surface area contributed by atoms with Crippen LogP contribution in [0.4, 0.5) is 5.69 Å². The minimum Gasteiger partial charge on any atom is -0.211 e. The molecule has 0 spiro atoms. The zero-order valence-electron chi connectivity index (χ0n) is 6.51. The summed E-state index contributed by atoms with van der Waals surface area (Å²) in [5.74, 6) is 0. The molecule has 55 valence electrons. The highest BCUT2D eigenvalue weighted by atomic mass is 16.1. The summed E-state index contributed by atoms with van der Waals surface area (Å²) in [6.07, 6.45) is 1.50. The number of benzene rings is 1. The molecule has 0 bridgehead atoms. The summed E-state index contributed by atoms with van der Waals surface area (Å²) in [6, 6.07) is 6.66. The standard InChI is InChI=1S/C9H8NO/c1-7-3-8(2)5-9(4-7)10-6-11/h4-5H,1-2H3. The monoisotopic (exact) mass is 146 g/mol. The van der Waals surface area contributed by atoms with Crippen LogP contribution in [-0.2, 0) is 4.79 Å². The zero-order valence-corrected chi connectivity index (χ0v) is 6.51. The van der Waals surface area contributed by atoms with Gasteiger partial charge in [0.05, 0.1) is 5.69 Å². The molecule has 0 saturated carbocycles. The van der Waals surface area contributed by atoms with E-state index in [1.807, 2.05) is 13.8 Å². The summed E-state index contributed by atoms with van der Waals surface area (Å²) < 4.78 is 0. The second-order valence-electron chi connectivity index (χ2n) is 2.41. The first-order valence-electron chi connectivity index (χ1n) is 3.31. The molecule has 0 amide bonds. The number of isocyanates is 1. The van der Waals surface area contributed by atoms with E-state index >= 15 is 0 Å². The van der Waals surface area contributed by atoms with Crippen LogP contribution in [0.25, 0.3) is 0 Å². The highest BCUT2D eigenvalue weighted by Gasteiger charge is 1.92. The van der Waals surface area contributed by atoms with Gasteiger partial charge in [0, 0.05) is 0 Å². The van der Waals surface area contributed by atoms with Crippen LogP contribution in [0.15, 0.2) is 17.1 Å². The molecule has 0 fully saturated rings. The van der Waals surface area contributed by atoms with E-state index in [-0.39, 0.29) is 0 Å². The van der Waals surface area contributed by atoms with Crippen molar-refractivity contribution in [3.05, 3.63) is 29.3 Å². The molecule has 0 saturated heterocycles. The van der Waals surface area contributed by atoms with Crippen LogP contribution in [0.2, 0.25) is 0 Å². The van der Waals surface area contributed by atoms with Crippen LogP contribution in [0.1, 0.15) is 11.1 Å². The topological polar surface area (TPSA) is 29.4 Å². The molecule has 1 rings (SSSR count). The van der Waals surface area contributed by atoms with Gasteiger partial charge in [-0.2, -0.15) is 4.99 Å². The highest BCUT2D eigenvalue weighted by Crippen LogP contribution is 2.14. The fraction of sp³-hybridized carbons (Fsp3) is 0.222. The number of aliphatic imine (C=N–C) groups is 1. The second-order valence-corrected chi connectivity index (χ2v) is 2.41. The minimum absolute atomic E-state index is 0.647. The molecule has 0 unspecified atom stereocenters. The van der Waals surface area contributed by atoms with Gasteiger partial charge in [0.15, 0.2) is 0 Å². The van der Waals surface area contributed by atoms with Crippen LogP contribution in [0.5, 0.6) is 0 Å². The van der Waals surface area contributed by atoms with E-state index < -0.39 is 0 Å². The predicted octanol–water partition coefficient (Wildman–Crippen LogP) is 2.07. The lowest BCUT2D eigenvalue weighted by atomic mass is 10.1. The summed E-state index contributed by atoms with van der Waals surface area (Å²) in [5, 5.41) is 0. The van der Waals surface area contributed by atoms with Crippen molar-refractivity contribution in [3.63, 3.8) is 0 Å². The average Bonchev–Trinajstić information content (AvgIpc) is 1.85. The largest absolute Gasteiger partial charge is 0.240 e. The van der Waals surface area contributed by atoms with E-state index in [0.717, 1.165) is 11.1 Å². The SMILES string of the molecule is Cc1[c]c(C)cc(N=C=O)c1. The first-order valence-corrected chi connectivity index (χ1v) is 3.31. The molecule has 1 radical (unpaired) electrons. The third-order valence-electron chi connectivity index (χ3n) is 1.30. The van der Waals surface area contributed by atoms with E-state index in [4.69, 9.17) is 0 Å². The van der Waals surface area contributed by atoms with Crippen molar-refractivity contribution < 1.29 is 4.79 Å². The van der Waals surface area contributed by atoms with Gasteiger partial charge in [-0.25, -0.2) is 4.79 Å². The molecule has 0 aromatic heterocycles.